The van der Waals surface area contributed by atoms with Crippen molar-refractivity contribution >= 4 is 36.5 Å². The lowest BCUT2D eigenvalue weighted by Gasteiger charge is -2.45. The van der Waals surface area contributed by atoms with Gasteiger partial charge in [-0.2, -0.15) is 13.1 Å². The molecule has 0 aromatic rings. The molecule has 3 fully saturated rings. The first kappa shape index (κ1) is 24.0. The highest BCUT2D eigenvalue weighted by molar-refractivity contribution is 6.53. The summed E-state index contributed by atoms with van der Waals surface area (Å²) in [6.07, 6.45) is 5.28. The van der Waals surface area contributed by atoms with Crippen molar-refractivity contribution in [2.75, 3.05) is 33.0 Å². The highest BCUT2D eigenvalue weighted by Gasteiger charge is 2.78. The molecule has 3 aliphatic rings. The average Bonchev–Trinajstić information content (AvgIpc) is 3.40. The minimum Gasteiger partial charge on any atom is -0.461 e. The van der Waals surface area contributed by atoms with E-state index in [0.717, 1.165) is 4.90 Å². The van der Waals surface area contributed by atoms with Gasteiger partial charge in [0.1, 0.15) is 12.2 Å². The van der Waals surface area contributed by atoms with Crippen molar-refractivity contribution in [3.05, 3.63) is 0 Å². The number of carbonyl (C=O) groups is 3. The van der Waals surface area contributed by atoms with Gasteiger partial charge in [-0.1, -0.05) is 0 Å². The van der Waals surface area contributed by atoms with E-state index in [1.54, 1.807) is 6.11 Å². The van der Waals surface area contributed by atoms with Crippen molar-refractivity contribution in [2.45, 2.75) is 38.8 Å². The van der Waals surface area contributed by atoms with Crippen molar-refractivity contribution in [3.8, 4) is 35.9 Å². The standard InChI is InChI=1S/C20H25N3O7Si2/c1-3-29-31-15-9-11-22(31)18(25)21(17-28-14-8-6-5-7-13-24)19(26)23(20(22)27)12-10-16-32(23)30-4-2/h24H,3-4,9-12,15-17H2,1-2H3/q+2. The fourth-order valence-electron chi connectivity index (χ4n) is 4.38. The molecule has 12 heteroatoms. The van der Waals surface area contributed by atoms with E-state index >= 15 is 0 Å². The van der Waals surface area contributed by atoms with Gasteiger partial charge in [-0.05, 0) is 13.8 Å². The number of nitrogens with zero attached hydrogens (tertiary/aromatic N) is 3. The second-order valence-corrected chi connectivity index (χ2v) is 11.9. The quantitative estimate of drug-likeness (QED) is 0.458. The Hall–Kier alpha value is -2.64. The molecule has 2 spiro atoms. The zero-order valence-corrected chi connectivity index (χ0v) is 20.1. The van der Waals surface area contributed by atoms with Crippen molar-refractivity contribution in [1.29, 1.82) is 0 Å². The molecule has 3 heterocycles. The van der Waals surface area contributed by atoms with Crippen molar-refractivity contribution in [2.24, 2.45) is 0 Å². The van der Waals surface area contributed by atoms with E-state index in [2.05, 4.69) is 29.8 Å². The van der Waals surface area contributed by atoms with Gasteiger partial charge >= 0.3 is 36.5 Å². The molecular formula is C20H25N3O7Si2+2. The summed E-state index contributed by atoms with van der Waals surface area (Å²) in [4.78, 5) is 42.3. The van der Waals surface area contributed by atoms with Gasteiger partial charge in [0.2, 0.25) is 0 Å². The zero-order valence-electron chi connectivity index (χ0n) is 18.1. The van der Waals surface area contributed by atoms with Gasteiger partial charge in [-0.25, -0.2) is 9.59 Å². The SMILES string of the molecule is CCO[Si]1CCC[N+]12C(=O)N(COC#CC#CC#CO)C(=O)[N+]1(CCC[Si]1OCC)C2=O. The zero-order chi connectivity index (χ0) is 23.2. The molecule has 0 saturated carbocycles. The monoisotopic (exact) mass is 475 g/mol. The number of quaternary nitrogens is 2. The third-order valence-electron chi connectivity index (χ3n) is 5.57. The van der Waals surface area contributed by atoms with Gasteiger partial charge in [-0.15, -0.1) is 4.90 Å². The molecule has 0 bridgehead atoms. The Morgan fingerprint density at radius 2 is 1.44 bits per heavy atom. The van der Waals surface area contributed by atoms with Crippen molar-refractivity contribution in [3.63, 3.8) is 0 Å². The summed E-state index contributed by atoms with van der Waals surface area (Å²) in [7, 11) is -3.77. The Labute approximate surface area is 190 Å². The summed E-state index contributed by atoms with van der Waals surface area (Å²) >= 11 is 0. The van der Waals surface area contributed by atoms with Crippen LogP contribution in [0.2, 0.25) is 12.1 Å². The summed E-state index contributed by atoms with van der Waals surface area (Å²) in [5, 5.41) is 8.37. The Kier molecular flexibility index (Phi) is 7.75. The van der Waals surface area contributed by atoms with Crippen molar-refractivity contribution < 1.29 is 41.4 Å². The molecule has 6 amide bonds. The normalized spacial score (nSPS) is 27.7. The molecule has 2 radical (unpaired) electrons. The Balaban J connectivity index is 1.99. The maximum Gasteiger partial charge on any atom is 0.538 e. The number of carbonyl (C=O) groups excluding carboxylic acids is 3. The molecule has 3 rings (SSSR count). The summed E-state index contributed by atoms with van der Waals surface area (Å²) in [5.41, 5.74) is 0. The third kappa shape index (κ3) is 3.84. The van der Waals surface area contributed by atoms with Gasteiger partial charge in [0.15, 0.2) is 6.73 Å². The number of hydrogen-bond acceptors (Lipinski definition) is 7. The molecule has 1 N–H and O–H groups in total. The topological polar surface area (TPSA) is 102 Å². The molecule has 10 nitrogen and oxygen atoms in total. The van der Waals surface area contributed by atoms with E-state index in [1.807, 2.05) is 13.8 Å². The molecule has 2 unspecified atom stereocenters. The van der Waals surface area contributed by atoms with E-state index in [0.29, 0.717) is 51.2 Å². The predicted octanol–water partition coefficient (Wildman–Crippen LogP) is 1.42. The van der Waals surface area contributed by atoms with Crippen LogP contribution in [0.5, 0.6) is 0 Å². The number of imide groups is 3. The van der Waals surface area contributed by atoms with E-state index < -0.39 is 51.5 Å². The van der Waals surface area contributed by atoms with Crippen LogP contribution < -0.4 is 0 Å². The lowest BCUT2D eigenvalue weighted by molar-refractivity contribution is -0.807. The van der Waals surface area contributed by atoms with Crippen LogP contribution in [0.25, 0.3) is 0 Å². The van der Waals surface area contributed by atoms with Crippen molar-refractivity contribution in [1.82, 2.24) is 4.90 Å². The number of hydrogen-bond donors (Lipinski definition) is 1. The van der Waals surface area contributed by atoms with Gasteiger partial charge < -0.3 is 18.7 Å². The van der Waals surface area contributed by atoms with E-state index in [4.69, 9.17) is 18.7 Å². The van der Waals surface area contributed by atoms with Crippen LogP contribution in [0.3, 0.4) is 0 Å². The van der Waals surface area contributed by atoms with Crippen LogP contribution in [-0.4, -0.2) is 87.8 Å². The fourth-order valence-corrected chi connectivity index (χ4v) is 9.81. The van der Waals surface area contributed by atoms with Crippen LogP contribution >= 0.6 is 0 Å². The average molecular weight is 476 g/mol. The lowest BCUT2D eigenvalue weighted by atomic mass is 10.3. The fraction of sp³-hybridized carbons (Fsp3) is 0.550. The molecule has 32 heavy (non-hydrogen) atoms. The van der Waals surface area contributed by atoms with Crippen LogP contribution in [0.1, 0.15) is 26.7 Å². The molecule has 168 valence electrons. The van der Waals surface area contributed by atoms with Gasteiger partial charge in [0.25, 0.3) is 0 Å². The molecular weight excluding hydrogens is 450 g/mol. The number of urea groups is 3. The van der Waals surface area contributed by atoms with Crippen LogP contribution in [0.4, 0.5) is 14.4 Å². The van der Waals surface area contributed by atoms with E-state index in [1.165, 1.54) is 0 Å². The predicted molar refractivity (Wildman–Crippen MR) is 113 cm³/mol. The van der Waals surface area contributed by atoms with Crippen LogP contribution in [-0.2, 0) is 13.6 Å². The van der Waals surface area contributed by atoms with E-state index in [-0.39, 0.29) is 0 Å². The third-order valence-corrected chi connectivity index (χ3v) is 11.3. The first-order valence-corrected chi connectivity index (χ1v) is 13.5. The number of aliphatic hydroxyl groups excluding tert-OH is 1. The molecule has 0 aliphatic carbocycles. The molecule has 0 aromatic carbocycles. The van der Waals surface area contributed by atoms with E-state index in [9.17, 15) is 14.4 Å². The highest BCUT2D eigenvalue weighted by atomic mass is 28.3. The minimum absolute atomic E-state index is 0.313. The summed E-state index contributed by atoms with van der Waals surface area (Å²) in [6.45, 7) is 4.67. The Morgan fingerprint density at radius 1 is 0.906 bits per heavy atom. The number of rotatable bonds is 6. The molecule has 2 atom stereocenters. The molecule has 3 saturated heterocycles. The molecule has 3 aliphatic heterocycles. The Morgan fingerprint density at radius 3 is 1.94 bits per heavy atom. The Bertz CT molecular complexity index is 927. The molecule has 0 aromatic heterocycles. The summed E-state index contributed by atoms with van der Waals surface area (Å²) < 4.78 is 16.2. The van der Waals surface area contributed by atoms with Gasteiger partial charge in [0, 0.05) is 61.8 Å². The van der Waals surface area contributed by atoms with Crippen LogP contribution in [0.15, 0.2) is 0 Å². The first-order valence-electron chi connectivity index (χ1n) is 10.4. The maximum atomic E-state index is 14.0. The first-order chi connectivity index (χ1) is 15.5. The lowest BCUT2D eigenvalue weighted by Crippen LogP contribution is -2.84. The highest BCUT2D eigenvalue weighted by Crippen LogP contribution is 2.41. The second kappa shape index (κ2) is 10.3. The largest absolute Gasteiger partial charge is 0.538 e. The minimum atomic E-state index is -1.88. The number of aliphatic hydroxyl groups is 1. The number of ether oxygens (including phenoxy) is 1. The summed E-state index contributed by atoms with van der Waals surface area (Å²) in [5.74, 6) is 9.11. The second-order valence-electron chi connectivity index (χ2n) is 7.19. The van der Waals surface area contributed by atoms with Gasteiger partial charge in [0.05, 0.1) is 13.1 Å². The number of amides is 6. The smallest absolute Gasteiger partial charge is 0.461 e. The van der Waals surface area contributed by atoms with Crippen LogP contribution in [0, 0.1) is 35.9 Å². The summed E-state index contributed by atoms with van der Waals surface area (Å²) in [6, 6.07) is -0.302. The van der Waals surface area contributed by atoms with Gasteiger partial charge in [-0.3, -0.25) is 0 Å². The maximum absolute atomic E-state index is 14.0.